The Balaban J connectivity index is 0.000000223. The van der Waals surface area contributed by atoms with Crippen molar-refractivity contribution in [3.05, 3.63) is 59.4 Å². The van der Waals surface area contributed by atoms with Gasteiger partial charge in [-0.3, -0.25) is 9.59 Å². The summed E-state index contributed by atoms with van der Waals surface area (Å²) in [6, 6.07) is 5.08. The molecule has 14 atom stereocenters. The number of rotatable bonds is 4. The fourth-order valence-corrected chi connectivity index (χ4v) is 14.8. The normalized spacial score (nSPS) is 31.3. The molecule has 5 fully saturated rings. The number of ether oxygens (including phenoxy) is 4. The molecule has 2 radical (unpaired) electrons. The fourth-order valence-electron chi connectivity index (χ4n) is 14.8. The molecule has 11 rings (SSSR count). The third-order valence-corrected chi connectivity index (χ3v) is 19.7. The number of nitrogens with zero attached hydrogens (tertiary/aromatic N) is 6. The Labute approximate surface area is 539 Å². The van der Waals surface area contributed by atoms with E-state index in [4.69, 9.17) is 28.9 Å². The van der Waals surface area contributed by atoms with Crippen LogP contribution in [-0.4, -0.2) is 127 Å². The number of hydrogen-bond acceptors (Lipinski definition) is 14. The van der Waals surface area contributed by atoms with Gasteiger partial charge < -0.3 is 49.0 Å². The number of alkyl carbamates (subject to hydrolysis) is 2. The summed E-state index contributed by atoms with van der Waals surface area (Å²) in [6.07, 6.45) is 16.4. The predicted octanol–water partition coefficient (Wildman–Crippen LogP) is 10.8. The topological polar surface area (TPSA) is 221 Å². The number of benzene rings is 2. The Kier molecular flexibility index (Phi) is 22.1. The zero-order valence-corrected chi connectivity index (χ0v) is 55.1. The monoisotopic (exact) mass is 1290 g/mol. The van der Waals surface area contributed by atoms with Crippen LogP contribution in [0.1, 0.15) is 170 Å². The van der Waals surface area contributed by atoms with E-state index in [1.807, 2.05) is 62.3 Å². The van der Waals surface area contributed by atoms with Crippen LogP contribution in [0.15, 0.2) is 36.4 Å². The zero-order chi connectivity index (χ0) is 61.4. The Morgan fingerprint density at radius 3 is 1.55 bits per heavy atom. The van der Waals surface area contributed by atoms with Crippen LogP contribution in [0.2, 0.25) is 0 Å². The number of hydrogen-bond donors (Lipinski definition) is 2. The molecule has 22 heteroatoms. The summed E-state index contributed by atoms with van der Waals surface area (Å²) < 4.78 is 53.3. The number of halogens is 2. The number of aromatic nitrogens is 4. The van der Waals surface area contributed by atoms with Crippen LogP contribution in [-0.2, 0) is 78.6 Å². The predicted molar refractivity (Wildman–Crippen MR) is 317 cm³/mol. The standard InChI is InChI=1S/C33H42FN4O5.C33H44FN4O5.2V/c1-5-20-26(17-39)38-16-28(20)42-30-24(35-23-12-11-19(34)15-25(23)36-30)10-8-6-7-9-21-22-13-18(22)14-27(21)43-32(41)37-29(31(38)40)33(2,3)4;1-6-22-26(19-39)38-18-27(22)42-29-24(35-23-15-14-21(34)17-25(23)36-29)13-9-7-8-11-20-12-10-16-33(20,5)43-31(41)37-28(30(38)40)32(2,3)4;;/h11-12,15,18,20-22,26-29H,5-10,13-14,16H2,1-4H3,(H,37,41);14-15,17,20,22,26-28H,6-13,16,18H2,1-5H3,(H,37,41);;/q2*-1;;/t18?,20-,21+,22?,26+,27+,28-,29+;20-,22+,26-,27+,28-,33-;;/m01../s1. The van der Waals surface area contributed by atoms with E-state index in [2.05, 4.69) is 33.2 Å². The minimum atomic E-state index is -0.937. The van der Waals surface area contributed by atoms with Crippen LogP contribution < -0.4 is 20.1 Å². The van der Waals surface area contributed by atoms with Gasteiger partial charge in [0.25, 0.3) is 0 Å². The van der Waals surface area contributed by atoms with Crippen molar-refractivity contribution in [2.45, 2.75) is 220 Å². The van der Waals surface area contributed by atoms with Gasteiger partial charge in [-0.2, -0.15) is 0 Å². The summed E-state index contributed by atoms with van der Waals surface area (Å²) in [4.78, 5) is 101. The number of carbonyl (C=O) groups is 4. The summed E-state index contributed by atoms with van der Waals surface area (Å²) in [6.45, 7) is 17.4. The minimum Gasteiger partial charge on any atom is -0.540 e. The van der Waals surface area contributed by atoms with Crippen molar-refractivity contribution in [2.75, 3.05) is 13.1 Å². The maximum absolute atomic E-state index is 14.1. The molecule has 3 aliphatic carbocycles. The smallest absolute Gasteiger partial charge is 0.408 e. The molecular formula is C66H86F2N8O10V2-2. The average molecular weight is 1290 g/mol. The van der Waals surface area contributed by atoms with E-state index in [1.54, 1.807) is 12.1 Å². The molecule has 7 aliphatic rings. The second-order valence-corrected chi connectivity index (χ2v) is 27.7. The number of aryl methyl sites for hydroxylation is 2. The maximum atomic E-state index is 14.1. The van der Waals surface area contributed by atoms with Crippen LogP contribution in [0.3, 0.4) is 0 Å². The molecule has 4 aromatic rings. The molecule has 88 heavy (non-hydrogen) atoms. The molecule has 2 N–H and O–H groups in total. The van der Waals surface area contributed by atoms with Gasteiger partial charge in [-0.05, 0) is 148 Å². The molecule has 4 bridgehead atoms. The number of carbonyl (C=O) groups excluding carboxylic acids is 6. The van der Waals surface area contributed by atoms with Crippen LogP contribution in [0.5, 0.6) is 11.8 Å². The van der Waals surface area contributed by atoms with Gasteiger partial charge in [-0.1, -0.05) is 106 Å². The SMILES string of the molecule is CC[C@@H]1[C@@H]2CN(C(=O)[C@H](C(C)(C)C)NC(=O)O[C@@H]3CC4CC4[C@H]3CCCCCc3nc4ccc(F)cc4nc3O2)[C@@H]1[C-]=O.CC[C@@H]1[C@@H]2CN(C(=O)[C@H](C(C)(C)C)NC(=O)O[C@]3(C)CCC[C@H]3CCCCCc3nc4ccc(F)cc4nc3O2)[C@@H]1[C-]=O.[V].[V]. The molecule has 2 aromatic heterocycles. The van der Waals surface area contributed by atoms with Gasteiger partial charge >= 0.3 is 12.2 Å². The van der Waals surface area contributed by atoms with Crippen molar-refractivity contribution in [3.8, 4) is 11.8 Å². The summed E-state index contributed by atoms with van der Waals surface area (Å²) in [5.74, 6) is 0.101. The molecule has 2 aromatic carbocycles. The molecule has 4 aliphatic heterocycles. The van der Waals surface area contributed by atoms with Gasteiger partial charge in [-0.25, -0.2) is 50.9 Å². The first kappa shape index (κ1) is 68.5. The zero-order valence-electron chi connectivity index (χ0n) is 52.3. The summed E-state index contributed by atoms with van der Waals surface area (Å²) in [5.41, 5.74) is 1.40. The van der Waals surface area contributed by atoms with Crippen molar-refractivity contribution in [1.29, 1.82) is 0 Å². The Hall–Kier alpha value is -5.43. The van der Waals surface area contributed by atoms with Crippen LogP contribution >= 0.6 is 0 Å². The van der Waals surface area contributed by atoms with Gasteiger partial charge in [0.05, 0.1) is 35.2 Å². The molecule has 2 unspecified atom stereocenters. The van der Waals surface area contributed by atoms with E-state index in [1.165, 1.54) is 40.5 Å². The van der Waals surface area contributed by atoms with Crippen LogP contribution in [0.25, 0.3) is 22.1 Å². The van der Waals surface area contributed by atoms with Gasteiger partial charge in [-0.15, -0.1) is 0 Å². The Morgan fingerprint density at radius 1 is 0.591 bits per heavy atom. The van der Waals surface area contributed by atoms with E-state index in [0.29, 0.717) is 88.7 Å². The second kappa shape index (κ2) is 28.4. The quantitative estimate of drug-likeness (QED) is 0.182. The third kappa shape index (κ3) is 15.0. The maximum Gasteiger partial charge on any atom is 0.408 e. The molecule has 3 saturated carbocycles. The first-order chi connectivity index (χ1) is 41.0. The van der Waals surface area contributed by atoms with Crippen molar-refractivity contribution in [1.82, 2.24) is 40.4 Å². The van der Waals surface area contributed by atoms with E-state index in [-0.39, 0.29) is 85.9 Å². The first-order valence-corrected chi connectivity index (χ1v) is 31.6. The summed E-state index contributed by atoms with van der Waals surface area (Å²) in [5, 5.41) is 5.74. The number of fused-ring (bicyclic) bond motifs is 12. The average Bonchev–Trinajstić information content (AvgIpc) is 2.51. The van der Waals surface area contributed by atoms with E-state index in [9.17, 15) is 37.5 Å². The van der Waals surface area contributed by atoms with E-state index < -0.39 is 76.6 Å². The van der Waals surface area contributed by atoms with Crippen molar-refractivity contribution in [3.63, 3.8) is 0 Å². The second-order valence-electron chi connectivity index (χ2n) is 27.7. The summed E-state index contributed by atoms with van der Waals surface area (Å²) in [7, 11) is 0. The summed E-state index contributed by atoms with van der Waals surface area (Å²) >= 11 is 0. The van der Waals surface area contributed by atoms with Gasteiger partial charge in [0.2, 0.25) is 23.6 Å². The molecule has 18 nitrogen and oxygen atoms in total. The van der Waals surface area contributed by atoms with Crippen LogP contribution in [0, 0.1) is 58.0 Å². The Morgan fingerprint density at radius 2 is 1.07 bits per heavy atom. The molecule has 0 spiro atoms. The molecule has 476 valence electrons. The van der Waals surface area contributed by atoms with Crippen molar-refractivity contribution < 1.29 is 93.6 Å². The third-order valence-electron chi connectivity index (χ3n) is 19.7. The van der Waals surface area contributed by atoms with Gasteiger partial charge in [0, 0.05) is 49.2 Å². The van der Waals surface area contributed by atoms with Gasteiger partial charge in [0.1, 0.15) is 59.0 Å². The molecule has 4 amide bonds. The van der Waals surface area contributed by atoms with Crippen molar-refractivity contribution >= 4 is 58.6 Å². The Bertz CT molecular complexity index is 3090. The molecule has 6 heterocycles. The molecule has 2 saturated heterocycles. The van der Waals surface area contributed by atoms with E-state index >= 15 is 0 Å². The number of amides is 4. The largest absolute Gasteiger partial charge is 0.540 e. The van der Waals surface area contributed by atoms with Crippen LogP contribution in [0.4, 0.5) is 18.4 Å². The molecular weight excluding hydrogens is 1200 g/mol. The fraction of sp³-hybridized carbons (Fsp3) is 0.667. The first-order valence-electron chi connectivity index (χ1n) is 31.6. The minimum absolute atomic E-state index is 0. The number of nitrogens with one attached hydrogen (secondary N) is 2. The van der Waals surface area contributed by atoms with Gasteiger partial charge in [0.15, 0.2) is 0 Å². The van der Waals surface area contributed by atoms with Crippen molar-refractivity contribution in [2.24, 2.45) is 46.3 Å². The van der Waals surface area contributed by atoms with E-state index in [0.717, 1.165) is 77.0 Å².